The van der Waals surface area contributed by atoms with Gasteiger partial charge in [0.05, 0.1) is 19.3 Å². The molecular weight excluding hydrogens is 378 g/mol. The van der Waals surface area contributed by atoms with E-state index >= 15 is 0 Å². The zero-order valence-electron chi connectivity index (χ0n) is 16.6. The number of hydrogen-bond acceptors (Lipinski definition) is 4. The lowest BCUT2D eigenvalue weighted by atomic mass is 10.1. The molecule has 1 fully saturated rings. The van der Waals surface area contributed by atoms with E-state index in [1.165, 1.54) is 0 Å². The highest BCUT2D eigenvalue weighted by molar-refractivity contribution is 5.97. The van der Waals surface area contributed by atoms with E-state index in [2.05, 4.69) is 15.2 Å². The molecule has 1 aliphatic rings. The molecule has 30 heavy (non-hydrogen) atoms. The number of nitrogens with one attached hydrogen (secondary N) is 2. The Hall–Kier alpha value is -3.67. The highest BCUT2D eigenvalue weighted by Gasteiger charge is 2.27. The number of pyridine rings is 1. The Kier molecular flexibility index (Phi) is 6.03. The first kappa shape index (κ1) is 19.6. The Morgan fingerprint density at radius 2 is 1.60 bits per heavy atom. The molecule has 6 heteroatoms. The lowest BCUT2D eigenvalue weighted by Crippen LogP contribution is -2.29. The van der Waals surface area contributed by atoms with Crippen molar-refractivity contribution in [2.75, 3.05) is 29.9 Å². The van der Waals surface area contributed by atoms with Gasteiger partial charge < -0.3 is 10.1 Å². The molecule has 4 rings (SSSR count). The second kappa shape index (κ2) is 9.22. The van der Waals surface area contributed by atoms with Crippen LogP contribution in [0.2, 0.25) is 0 Å². The van der Waals surface area contributed by atoms with Crippen molar-refractivity contribution in [3.05, 3.63) is 78.5 Å². The summed E-state index contributed by atoms with van der Waals surface area (Å²) in [4.78, 5) is 30.0. The van der Waals surface area contributed by atoms with Crippen molar-refractivity contribution in [3.63, 3.8) is 0 Å². The first-order chi connectivity index (χ1) is 14.7. The van der Waals surface area contributed by atoms with Gasteiger partial charge >= 0.3 is 5.97 Å². The standard InChI is InChI=1S/C24H23N3O3/c28-22(26-20-12-10-19(11-13-20)18-7-2-1-3-8-18)17-30-24(29)21-9-6-14-25-23(21)27-15-4-5-16-27/h1-3,6-14H,4-5,15-17H2,(H,26,28)/p+1. The summed E-state index contributed by atoms with van der Waals surface area (Å²) >= 11 is 0. The minimum atomic E-state index is -0.511. The number of hydrogen-bond donors (Lipinski definition) is 1. The minimum absolute atomic E-state index is 0.340. The molecule has 2 N–H and O–H groups in total. The quantitative estimate of drug-likeness (QED) is 0.640. The van der Waals surface area contributed by atoms with Crippen LogP contribution < -0.4 is 15.2 Å². The van der Waals surface area contributed by atoms with Crippen molar-refractivity contribution in [3.8, 4) is 11.1 Å². The Balaban J connectivity index is 1.33. The molecule has 1 saturated heterocycles. The molecule has 3 aromatic rings. The molecule has 2 heterocycles. The Labute approximate surface area is 175 Å². The summed E-state index contributed by atoms with van der Waals surface area (Å²) in [6, 6.07) is 21.0. The van der Waals surface area contributed by atoms with Gasteiger partial charge in [-0.25, -0.2) is 9.78 Å². The molecule has 0 unspecified atom stereocenters. The van der Waals surface area contributed by atoms with Crippen molar-refractivity contribution in [1.82, 2.24) is 0 Å². The number of nitrogens with zero attached hydrogens (tertiary/aromatic N) is 1. The number of amides is 1. The number of anilines is 2. The summed E-state index contributed by atoms with van der Waals surface area (Å²) < 4.78 is 5.26. The number of rotatable bonds is 6. The fourth-order valence-corrected chi connectivity index (χ4v) is 3.58. The zero-order valence-corrected chi connectivity index (χ0v) is 16.6. The molecule has 152 valence electrons. The van der Waals surface area contributed by atoms with E-state index in [0.29, 0.717) is 11.3 Å². The van der Waals surface area contributed by atoms with Gasteiger partial charge in [-0.1, -0.05) is 42.5 Å². The van der Waals surface area contributed by atoms with E-state index in [-0.39, 0.29) is 12.5 Å². The molecule has 0 saturated carbocycles. The molecule has 0 radical (unpaired) electrons. The molecule has 1 aliphatic heterocycles. The zero-order chi connectivity index (χ0) is 20.8. The molecule has 0 bridgehead atoms. The van der Waals surface area contributed by atoms with Crippen molar-refractivity contribution in [2.24, 2.45) is 0 Å². The smallest absolute Gasteiger partial charge is 0.347 e. The molecule has 1 amide bonds. The van der Waals surface area contributed by atoms with Gasteiger partial charge in [0.2, 0.25) is 0 Å². The van der Waals surface area contributed by atoms with Crippen LogP contribution in [0.15, 0.2) is 72.9 Å². The lowest BCUT2D eigenvalue weighted by Gasteiger charge is -2.12. The Bertz CT molecular complexity index is 1010. The fraction of sp³-hybridized carbons (Fsp3) is 0.208. The number of aromatic nitrogens is 1. The van der Waals surface area contributed by atoms with Crippen molar-refractivity contribution in [1.29, 1.82) is 0 Å². The van der Waals surface area contributed by atoms with Crippen LogP contribution in [0.5, 0.6) is 0 Å². The topological polar surface area (TPSA) is 72.8 Å². The van der Waals surface area contributed by atoms with Crippen LogP contribution in [0, 0.1) is 0 Å². The molecule has 6 nitrogen and oxygen atoms in total. The molecular formula is C24H24N3O3+. The first-order valence-corrected chi connectivity index (χ1v) is 10.1. The van der Waals surface area contributed by atoms with Crippen LogP contribution in [0.25, 0.3) is 11.1 Å². The maximum atomic E-state index is 12.5. The highest BCUT2D eigenvalue weighted by atomic mass is 16.5. The van der Waals surface area contributed by atoms with Gasteiger partial charge in [-0.05, 0) is 48.2 Å². The predicted molar refractivity (Wildman–Crippen MR) is 115 cm³/mol. The summed E-state index contributed by atoms with van der Waals surface area (Å²) in [6.07, 6.45) is 3.99. The van der Waals surface area contributed by atoms with E-state index < -0.39 is 5.97 Å². The normalized spacial score (nSPS) is 13.1. The monoisotopic (exact) mass is 402 g/mol. The van der Waals surface area contributed by atoms with E-state index in [1.54, 1.807) is 18.3 Å². The number of esters is 1. The van der Waals surface area contributed by atoms with Gasteiger partial charge in [-0.15, -0.1) is 0 Å². The Morgan fingerprint density at radius 1 is 0.900 bits per heavy atom. The minimum Gasteiger partial charge on any atom is -0.452 e. The van der Waals surface area contributed by atoms with Crippen molar-refractivity contribution >= 4 is 23.4 Å². The van der Waals surface area contributed by atoms with Gasteiger partial charge in [0, 0.05) is 5.69 Å². The predicted octanol–water partition coefficient (Wildman–Crippen LogP) is 3.56. The molecule has 0 aliphatic carbocycles. The average molecular weight is 402 g/mol. The van der Waals surface area contributed by atoms with Crippen LogP contribution in [0.3, 0.4) is 0 Å². The van der Waals surface area contributed by atoms with Gasteiger partial charge in [0.1, 0.15) is 5.56 Å². The number of aromatic amines is 1. The number of ether oxygens (including phenoxy) is 1. The number of carbonyl (C=O) groups excluding carboxylic acids is 2. The number of carbonyl (C=O) groups is 2. The third kappa shape index (κ3) is 4.66. The van der Waals surface area contributed by atoms with Crippen LogP contribution >= 0.6 is 0 Å². The molecule has 0 spiro atoms. The van der Waals surface area contributed by atoms with E-state index in [0.717, 1.165) is 42.9 Å². The number of H-pyrrole nitrogens is 1. The molecule has 1 aromatic heterocycles. The third-order valence-electron chi connectivity index (χ3n) is 5.09. The summed E-state index contributed by atoms with van der Waals surface area (Å²) in [5.41, 5.74) is 3.27. The van der Waals surface area contributed by atoms with Crippen molar-refractivity contribution in [2.45, 2.75) is 12.8 Å². The van der Waals surface area contributed by atoms with E-state index in [1.807, 2.05) is 54.6 Å². The first-order valence-electron chi connectivity index (χ1n) is 10.1. The van der Waals surface area contributed by atoms with Gasteiger partial charge in [0.25, 0.3) is 11.7 Å². The second-order valence-electron chi connectivity index (χ2n) is 7.19. The highest BCUT2D eigenvalue weighted by Crippen LogP contribution is 2.22. The largest absolute Gasteiger partial charge is 0.452 e. The summed E-state index contributed by atoms with van der Waals surface area (Å²) in [5, 5.41) is 2.76. The summed E-state index contributed by atoms with van der Waals surface area (Å²) in [7, 11) is 0. The Morgan fingerprint density at radius 3 is 2.33 bits per heavy atom. The molecule has 0 atom stereocenters. The van der Waals surface area contributed by atoms with Gasteiger partial charge in [0.15, 0.2) is 6.61 Å². The van der Waals surface area contributed by atoms with E-state index in [9.17, 15) is 9.59 Å². The maximum Gasteiger partial charge on any atom is 0.347 e. The van der Waals surface area contributed by atoms with E-state index in [4.69, 9.17) is 4.74 Å². The summed E-state index contributed by atoms with van der Waals surface area (Å²) in [5.74, 6) is -0.140. The van der Waals surface area contributed by atoms with Crippen LogP contribution in [0.4, 0.5) is 11.5 Å². The third-order valence-corrected chi connectivity index (χ3v) is 5.09. The van der Waals surface area contributed by atoms with Crippen LogP contribution in [0.1, 0.15) is 23.2 Å². The van der Waals surface area contributed by atoms with Crippen LogP contribution in [-0.4, -0.2) is 31.6 Å². The lowest BCUT2D eigenvalue weighted by molar-refractivity contribution is -0.364. The number of benzene rings is 2. The van der Waals surface area contributed by atoms with Crippen LogP contribution in [-0.2, 0) is 9.53 Å². The maximum absolute atomic E-state index is 12.5. The van der Waals surface area contributed by atoms with Gasteiger partial charge in [-0.3, -0.25) is 9.69 Å². The average Bonchev–Trinajstić information content (AvgIpc) is 3.33. The van der Waals surface area contributed by atoms with Gasteiger partial charge in [-0.2, -0.15) is 0 Å². The summed E-state index contributed by atoms with van der Waals surface area (Å²) in [6.45, 7) is 1.47. The molecule has 2 aromatic carbocycles. The van der Waals surface area contributed by atoms with Crippen molar-refractivity contribution < 1.29 is 19.3 Å². The fourth-order valence-electron chi connectivity index (χ4n) is 3.58. The SMILES string of the molecule is O=C(COC(=O)c1ccc[nH+]c1N1CCCC1)Nc1ccc(-c2ccccc2)cc1. The second-order valence-corrected chi connectivity index (χ2v) is 7.19.